The highest BCUT2D eigenvalue weighted by atomic mass is 32.1. The first-order valence-corrected chi connectivity index (χ1v) is 10.6. The van der Waals surface area contributed by atoms with Crippen molar-refractivity contribution >= 4 is 29.0 Å². The third-order valence-electron chi connectivity index (χ3n) is 5.07. The van der Waals surface area contributed by atoms with E-state index in [0.29, 0.717) is 32.5 Å². The lowest BCUT2D eigenvalue weighted by atomic mass is 9.96. The Labute approximate surface area is 170 Å². The lowest BCUT2D eigenvalue weighted by molar-refractivity contribution is -0.126. The van der Waals surface area contributed by atoms with Crippen molar-refractivity contribution in [1.29, 1.82) is 0 Å². The number of carbonyl (C=O) groups excluding carboxylic acids is 2. The van der Waals surface area contributed by atoms with Crippen LogP contribution in [0.2, 0.25) is 0 Å². The van der Waals surface area contributed by atoms with Crippen LogP contribution in [0.1, 0.15) is 34.0 Å². The third kappa shape index (κ3) is 5.32. The standard InChI is InChI=1S/C21H28N4O2S/c1-14-5-4-6-18(13-14)24-21(27)25-11-8-17(9-12-25)20(26)22-10-7-19-15(2)23-16(3)28-19/h4-6,13,17H,7-12H2,1-3H3,(H,22,26)(H,24,27). The van der Waals surface area contributed by atoms with Gasteiger partial charge in [-0.3, -0.25) is 4.79 Å². The molecule has 1 aliphatic rings. The van der Waals surface area contributed by atoms with Crippen molar-refractivity contribution in [3.05, 3.63) is 45.4 Å². The molecule has 150 valence electrons. The molecule has 3 amide bonds. The molecular weight excluding hydrogens is 372 g/mol. The highest BCUT2D eigenvalue weighted by Gasteiger charge is 2.27. The molecule has 1 saturated heterocycles. The maximum atomic E-state index is 12.4. The Morgan fingerprint density at radius 1 is 1.21 bits per heavy atom. The first-order valence-electron chi connectivity index (χ1n) is 9.75. The Kier molecular flexibility index (Phi) is 6.67. The number of rotatable bonds is 5. The van der Waals surface area contributed by atoms with Gasteiger partial charge in [-0.25, -0.2) is 9.78 Å². The van der Waals surface area contributed by atoms with Crippen molar-refractivity contribution in [3.63, 3.8) is 0 Å². The molecule has 6 nitrogen and oxygen atoms in total. The quantitative estimate of drug-likeness (QED) is 0.804. The summed E-state index contributed by atoms with van der Waals surface area (Å²) in [6.45, 7) is 7.85. The van der Waals surface area contributed by atoms with Gasteiger partial charge in [0.25, 0.3) is 0 Å². The molecule has 0 bridgehead atoms. The smallest absolute Gasteiger partial charge is 0.321 e. The average Bonchev–Trinajstić information content (AvgIpc) is 2.99. The van der Waals surface area contributed by atoms with Crippen LogP contribution in [0.15, 0.2) is 24.3 Å². The lowest BCUT2D eigenvalue weighted by Gasteiger charge is -2.31. The summed E-state index contributed by atoms with van der Waals surface area (Å²) in [4.78, 5) is 32.3. The summed E-state index contributed by atoms with van der Waals surface area (Å²) < 4.78 is 0. The van der Waals surface area contributed by atoms with Gasteiger partial charge in [-0.2, -0.15) is 0 Å². The maximum Gasteiger partial charge on any atom is 0.321 e. The van der Waals surface area contributed by atoms with E-state index in [0.717, 1.165) is 28.4 Å². The van der Waals surface area contributed by atoms with Crippen LogP contribution in [0, 0.1) is 26.7 Å². The molecule has 3 rings (SSSR count). The summed E-state index contributed by atoms with van der Waals surface area (Å²) in [6.07, 6.45) is 2.22. The predicted octanol–water partition coefficient (Wildman–Crippen LogP) is 3.67. The van der Waals surface area contributed by atoms with Crippen LogP contribution in [0.4, 0.5) is 10.5 Å². The second kappa shape index (κ2) is 9.19. The van der Waals surface area contributed by atoms with Gasteiger partial charge in [0.05, 0.1) is 10.7 Å². The molecule has 2 heterocycles. The Hall–Kier alpha value is -2.41. The Morgan fingerprint density at radius 2 is 1.96 bits per heavy atom. The van der Waals surface area contributed by atoms with Crippen LogP contribution in [-0.2, 0) is 11.2 Å². The fraction of sp³-hybridized carbons (Fsp3) is 0.476. The molecule has 2 aromatic rings. The predicted molar refractivity (Wildman–Crippen MR) is 113 cm³/mol. The van der Waals surface area contributed by atoms with E-state index < -0.39 is 0 Å². The highest BCUT2D eigenvalue weighted by Crippen LogP contribution is 2.20. The number of aryl methyl sites for hydroxylation is 3. The third-order valence-corrected chi connectivity index (χ3v) is 6.21. The molecule has 0 radical (unpaired) electrons. The molecule has 0 aliphatic carbocycles. The summed E-state index contributed by atoms with van der Waals surface area (Å²) in [5, 5.41) is 7.05. The molecule has 1 fully saturated rings. The van der Waals surface area contributed by atoms with Crippen molar-refractivity contribution in [2.45, 2.75) is 40.0 Å². The zero-order valence-electron chi connectivity index (χ0n) is 16.7. The van der Waals surface area contributed by atoms with Gasteiger partial charge in [-0.1, -0.05) is 12.1 Å². The van der Waals surface area contributed by atoms with Crippen LogP contribution in [0.25, 0.3) is 0 Å². The maximum absolute atomic E-state index is 12.4. The van der Waals surface area contributed by atoms with Crippen molar-refractivity contribution in [2.75, 3.05) is 25.0 Å². The number of piperidine rings is 1. The second-order valence-corrected chi connectivity index (χ2v) is 8.63. The monoisotopic (exact) mass is 400 g/mol. The van der Waals surface area contributed by atoms with E-state index in [1.54, 1.807) is 16.2 Å². The van der Waals surface area contributed by atoms with E-state index in [2.05, 4.69) is 15.6 Å². The minimum atomic E-state index is -0.0968. The first-order chi connectivity index (χ1) is 13.4. The Morgan fingerprint density at radius 3 is 2.61 bits per heavy atom. The first kappa shape index (κ1) is 20.3. The molecule has 0 atom stereocenters. The summed E-state index contributed by atoms with van der Waals surface area (Å²) in [5.74, 6) is 0.0740. The van der Waals surface area contributed by atoms with Crippen molar-refractivity contribution in [2.24, 2.45) is 5.92 Å². The summed E-state index contributed by atoms with van der Waals surface area (Å²) >= 11 is 1.69. The number of thiazole rings is 1. The van der Waals surface area contributed by atoms with Gasteiger partial charge < -0.3 is 15.5 Å². The molecule has 1 aromatic carbocycles. The summed E-state index contributed by atoms with van der Waals surface area (Å²) in [7, 11) is 0. The molecule has 0 spiro atoms. The topological polar surface area (TPSA) is 74.3 Å². The van der Waals surface area contributed by atoms with Crippen LogP contribution < -0.4 is 10.6 Å². The average molecular weight is 401 g/mol. The highest BCUT2D eigenvalue weighted by molar-refractivity contribution is 7.11. The number of aromatic nitrogens is 1. The molecule has 7 heteroatoms. The number of hydrogen-bond acceptors (Lipinski definition) is 4. The van der Waals surface area contributed by atoms with E-state index in [-0.39, 0.29) is 17.9 Å². The van der Waals surface area contributed by atoms with Crippen LogP contribution >= 0.6 is 11.3 Å². The number of benzene rings is 1. The van der Waals surface area contributed by atoms with E-state index in [1.807, 2.05) is 45.0 Å². The molecule has 2 N–H and O–H groups in total. The molecule has 0 unspecified atom stereocenters. The van der Waals surface area contributed by atoms with E-state index >= 15 is 0 Å². The van der Waals surface area contributed by atoms with Gasteiger partial charge in [0.1, 0.15) is 0 Å². The number of anilines is 1. The number of urea groups is 1. The van der Waals surface area contributed by atoms with Crippen LogP contribution in [-0.4, -0.2) is 41.5 Å². The Bertz CT molecular complexity index is 841. The Balaban J connectivity index is 1.41. The SMILES string of the molecule is Cc1cccc(NC(=O)N2CCC(C(=O)NCCc3sc(C)nc3C)CC2)c1. The zero-order valence-corrected chi connectivity index (χ0v) is 17.6. The van der Waals surface area contributed by atoms with Crippen molar-refractivity contribution in [3.8, 4) is 0 Å². The summed E-state index contributed by atoms with van der Waals surface area (Å²) in [5.41, 5.74) is 2.97. The summed E-state index contributed by atoms with van der Waals surface area (Å²) in [6, 6.07) is 7.66. The van der Waals surface area contributed by atoms with Gasteiger partial charge >= 0.3 is 6.03 Å². The number of nitrogens with zero attached hydrogens (tertiary/aromatic N) is 2. The van der Waals surface area contributed by atoms with Crippen molar-refractivity contribution < 1.29 is 9.59 Å². The van der Waals surface area contributed by atoms with Gasteiger partial charge in [0.15, 0.2) is 0 Å². The van der Waals surface area contributed by atoms with Gasteiger partial charge in [0.2, 0.25) is 5.91 Å². The molecule has 28 heavy (non-hydrogen) atoms. The number of amides is 3. The fourth-order valence-corrected chi connectivity index (χ4v) is 4.46. The fourth-order valence-electron chi connectivity index (χ4n) is 3.52. The normalized spacial score (nSPS) is 14.8. The van der Waals surface area contributed by atoms with Gasteiger partial charge in [-0.15, -0.1) is 11.3 Å². The van der Waals surface area contributed by atoms with Gasteiger partial charge in [0, 0.05) is 42.5 Å². The molecular formula is C21H28N4O2S. The number of carbonyl (C=O) groups is 2. The number of hydrogen-bond donors (Lipinski definition) is 2. The van der Waals surface area contributed by atoms with E-state index in [9.17, 15) is 9.59 Å². The van der Waals surface area contributed by atoms with Gasteiger partial charge in [-0.05, 0) is 51.3 Å². The molecule has 0 saturated carbocycles. The number of nitrogens with one attached hydrogen (secondary N) is 2. The van der Waals surface area contributed by atoms with Crippen molar-refractivity contribution in [1.82, 2.24) is 15.2 Å². The lowest BCUT2D eigenvalue weighted by Crippen LogP contribution is -2.44. The van der Waals surface area contributed by atoms with E-state index in [4.69, 9.17) is 0 Å². The number of likely N-dealkylation sites (tertiary alicyclic amines) is 1. The zero-order chi connectivity index (χ0) is 20.1. The van der Waals surface area contributed by atoms with E-state index in [1.165, 1.54) is 4.88 Å². The van der Waals surface area contributed by atoms with Crippen LogP contribution in [0.5, 0.6) is 0 Å². The van der Waals surface area contributed by atoms with Crippen LogP contribution in [0.3, 0.4) is 0 Å². The minimum absolute atomic E-state index is 0.0210. The molecule has 1 aliphatic heterocycles. The second-order valence-electron chi connectivity index (χ2n) is 7.34. The minimum Gasteiger partial charge on any atom is -0.355 e. The largest absolute Gasteiger partial charge is 0.355 e. The molecule has 1 aromatic heterocycles.